The van der Waals surface area contributed by atoms with Crippen molar-refractivity contribution in [2.24, 2.45) is 0 Å². The summed E-state index contributed by atoms with van der Waals surface area (Å²) < 4.78 is 5.52. The Morgan fingerprint density at radius 3 is 2.12 bits per heavy atom. The number of nitrogens with zero attached hydrogens (tertiary/aromatic N) is 3. The van der Waals surface area contributed by atoms with Crippen LogP contribution in [0.15, 0.2) is 24.3 Å². The standard InChI is InChI=1S/C20H31N3O2/c1-20(2,3)25-19(24)23-13-7-12-22(14-15-23)18-9-6-8-17(16-18)21-10-4-5-11-21/h6,8-9,16H,4-5,7,10-15H2,1-3H3. The molecule has 5 heteroatoms. The molecule has 0 saturated carbocycles. The predicted molar refractivity (Wildman–Crippen MR) is 103 cm³/mol. The van der Waals surface area contributed by atoms with Crippen LogP contribution in [0.3, 0.4) is 0 Å². The van der Waals surface area contributed by atoms with Gasteiger partial charge in [0.15, 0.2) is 0 Å². The second-order valence-electron chi connectivity index (χ2n) is 8.02. The Hall–Kier alpha value is -1.91. The Morgan fingerprint density at radius 1 is 0.880 bits per heavy atom. The Bertz CT molecular complexity index is 591. The molecule has 3 rings (SSSR count). The summed E-state index contributed by atoms with van der Waals surface area (Å²) in [6.45, 7) is 11.4. The van der Waals surface area contributed by atoms with E-state index in [2.05, 4.69) is 34.1 Å². The van der Waals surface area contributed by atoms with Crippen molar-refractivity contribution < 1.29 is 9.53 Å². The molecule has 1 aromatic carbocycles. The number of benzene rings is 1. The van der Waals surface area contributed by atoms with Crippen LogP contribution in [-0.4, -0.2) is 55.9 Å². The van der Waals surface area contributed by atoms with Gasteiger partial charge in [-0.05, 0) is 58.2 Å². The minimum absolute atomic E-state index is 0.194. The summed E-state index contributed by atoms with van der Waals surface area (Å²) in [6, 6.07) is 8.84. The number of carbonyl (C=O) groups is 1. The van der Waals surface area contributed by atoms with E-state index >= 15 is 0 Å². The average molecular weight is 345 g/mol. The lowest BCUT2D eigenvalue weighted by molar-refractivity contribution is 0.0263. The molecule has 2 fully saturated rings. The molecule has 2 saturated heterocycles. The molecule has 2 heterocycles. The van der Waals surface area contributed by atoms with Crippen molar-refractivity contribution in [1.29, 1.82) is 0 Å². The third-order valence-corrected chi connectivity index (χ3v) is 4.81. The van der Waals surface area contributed by atoms with Crippen molar-refractivity contribution in [3.8, 4) is 0 Å². The van der Waals surface area contributed by atoms with Gasteiger partial charge in [-0.1, -0.05) is 6.07 Å². The molecule has 0 radical (unpaired) electrons. The van der Waals surface area contributed by atoms with Crippen LogP contribution in [0.5, 0.6) is 0 Å². The van der Waals surface area contributed by atoms with Gasteiger partial charge in [0, 0.05) is 50.6 Å². The van der Waals surface area contributed by atoms with E-state index in [0.717, 1.165) is 39.1 Å². The topological polar surface area (TPSA) is 36.0 Å². The van der Waals surface area contributed by atoms with E-state index in [-0.39, 0.29) is 6.09 Å². The van der Waals surface area contributed by atoms with Gasteiger partial charge in [-0.3, -0.25) is 0 Å². The maximum atomic E-state index is 12.3. The highest BCUT2D eigenvalue weighted by Crippen LogP contribution is 2.26. The number of anilines is 2. The monoisotopic (exact) mass is 345 g/mol. The predicted octanol–water partition coefficient (Wildman–Crippen LogP) is 3.73. The second-order valence-corrected chi connectivity index (χ2v) is 8.02. The SMILES string of the molecule is CC(C)(C)OC(=O)N1CCCN(c2cccc(N3CCCC3)c2)CC1. The third kappa shape index (κ3) is 4.80. The fourth-order valence-corrected chi connectivity index (χ4v) is 3.55. The van der Waals surface area contributed by atoms with Crippen LogP contribution >= 0.6 is 0 Å². The molecule has 2 aliphatic rings. The molecular weight excluding hydrogens is 314 g/mol. The first-order valence-corrected chi connectivity index (χ1v) is 9.50. The normalized spacial score (nSPS) is 19.1. The van der Waals surface area contributed by atoms with Crippen LogP contribution in [0, 0.1) is 0 Å². The number of carbonyl (C=O) groups excluding carboxylic acids is 1. The van der Waals surface area contributed by atoms with E-state index in [0.29, 0.717) is 6.54 Å². The Morgan fingerprint density at radius 2 is 1.48 bits per heavy atom. The zero-order chi connectivity index (χ0) is 17.9. The van der Waals surface area contributed by atoms with E-state index in [9.17, 15) is 4.79 Å². The molecule has 0 N–H and O–H groups in total. The first-order chi connectivity index (χ1) is 11.9. The van der Waals surface area contributed by atoms with Crippen molar-refractivity contribution in [2.45, 2.75) is 45.6 Å². The molecule has 1 aromatic rings. The second kappa shape index (κ2) is 7.54. The molecule has 25 heavy (non-hydrogen) atoms. The lowest BCUT2D eigenvalue weighted by atomic mass is 10.2. The highest BCUT2D eigenvalue weighted by Gasteiger charge is 2.24. The van der Waals surface area contributed by atoms with Gasteiger partial charge in [0.1, 0.15) is 5.60 Å². The maximum Gasteiger partial charge on any atom is 0.410 e. The summed E-state index contributed by atoms with van der Waals surface area (Å²) in [5.74, 6) is 0. The summed E-state index contributed by atoms with van der Waals surface area (Å²) in [7, 11) is 0. The van der Waals surface area contributed by atoms with Gasteiger partial charge in [-0.15, -0.1) is 0 Å². The molecular formula is C20H31N3O2. The fourth-order valence-electron chi connectivity index (χ4n) is 3.55. The molecule has 0 bridgehead atoms. The van der Waals surface area contributed by atoms with Gasteiger partial charge in [0.25, 0.3) is 0 Å². The van der Waals surface area contributed by atoms with Crippen molar-refractivity contribution in [1.82, 2.24) is 4.90 Å². The third-order valence-electron chi connectivity index (χ3n) is 4.81. The number of rotatable bonds is 2. The van der Waals surface area contributed by atoms with E-state index in [1.54, 1.807) is 0 Å². The highest BCUT2D eigenvalue weighted by atomic mass is 16.6. The van der Waals surface area contributed by atoms with E-state index < -0.39 is 5.60 Å². The largest absolute Gasteiger partial charge is 0.444 e. The minimum Gasteiger partial charge on any atom is -0.444 e. The highest BCUT2D eigenvalue weighted by molar-refractivity contribution is 5.68. The Labute approximate surface area is 151 Å². The van der Waals surface area contributed by atoms with Crippen LogP contribution in [0.4, 0.5) is 16.2 Å². The Kier molecular flexibility index (Phi) is 5.40. The van der Waals surface area contributed by atoms with Crippen molar-refractivity contribution in [2.75, 3.05) is 49.1 Å². The maximum absolute atomic E-state index is 12.3. The molecule has 5 nitrogen and oxygen atoms in total. The van der Waals surface area contributed by atoms with Crippen LogP contribution < -0.4 is 9.80 Å². The molecule has 138 valence electrons. The molecule has 0 aliphatic carbocycles. The molecule has 0 spiro atoms. The fraction of sp³-hybridized carbons (Fsp3) is 0.650. The summed E-state index contributed by atoms with van der Waals surface area (Å²) >= 11 is 0. The lowest BCUT2D eigenvalue weighted by Gasteiger charge is -2.27. The van der Waals surface area contributed by atoms with E-state index in [4.69, 9.17) is 4.74 Å². The molecule has 1 amide bonds. The van der Waals surface area contributed by atoms with Crippen molar-refractivity contribution >= 4 is 17.5 Å². The lowest BCUT2D eigenvalue weighted by Crippen LogP contribution is -2.39. The first kappa shape index (κ1) is 17.9. The quantitative estimate of drug-likeness (QED) is 0.818. The number of hydrogen-bond donors (Lipinski definition) is 0. The van der Waals surface area contributed by atoms with Crippen LogP contribution in [-0.2, 0) is 4.74 Å². The van der Waals surface area contributed by atoms with Gasteiger partial charge in [0.05, 0.1) is 0 Å². The first-order valence-electron chi connectivity index (χ1n) is 9.50. The van der Waals surface area contributed by atoms with E-state index in [1.807, 2.05) is 25.7 Å². The van der Waals surface area contributed by atoms with Gasteiger partial charge in [0.2, 0.25) is 0 Å². The van der Waals surface area contributed by atoms with Crippen LogP contribution in [0.2, 0.25) is 0 Å². The average Bonchev–Trinajstić information content (AvgIpc) is 2.97. The molecule has 0 aromatic heterocycles. The smallest absolute Gasteiger partial charge is 0.410 e. The van der Waals surface area contributed by atoms with Crippen LogP contribution in [0.1, 0.15) is 40.0 Å². The number of hydrogen-bond acceptors (Lipinski definition) is 4. The molecule has 2 aliphatic heterocycles. The summed E-state index contributed by atoms with van der Waals surface area (Å²) in [6.07, 6.45) is 3.35. The van der Waals surface area contributed by atoms with Crippen molar-refractivity contribution in [3.63, 3.8) is 0 Å². The summed E-state index contributed by atoms with van der Waals surface area (Å²) in [4.78, 5) is 19.0. The number of ether oxygens (including phenoxy) is 1. The molecule has 0 unspecified atom stereocenters. The van der Waals surface area contributed by atoms with E-state index in [1.165, 1.54) is 24.2 Å². The molecule has 0 atom stereocenters. The van der Waals surface area contributed by atoms with Gasteiger partial charge < -0.3 is 19.4 Å². The van der Waals surface area contributed by atoms with Gasteiger partial charge in [-0.2, -0.15) is 0 Å². The minimum atomic E-state index is -0.437. The van der Waals surface area contributed by atoms with Crippen molar-refractivity contribution in [3.05, 3.63) is 24.3 Å². The van der Waals surface area contributed by atoms with Gasteiger partial charge in [-0.25, -0.2) is 4.79 Å². The van der Waals surface area contributed by atoms with Crippen LogP contribution in [0.25, 0.3) is 0 Å². The zero-order valence-corrected chi connectivity index (χ0v) is 15.8. The zero-order valence-electron chi connectivity index (χ0n) is 15.8. The Balaban J connectivity index is 1.63. The van der Waals surface area contributed by atoms with Gasteiger partial charge >= 0.3 is 6.09 Å². The number of amides is 1. The summed E-state index contributed by atoms with van der Waals surface area (Å²) in [5, 5.41) is 0. The summed E-state index contributed by atoms with van der Waals surface area (Å²) in [5.41, 5.74) is 2.14.